The van der Waals surface area contributed by atoms with E-state index in [2.05, 4.69) is 20.4 Å². The number of primary amides is 1. The lowest BCUT2D eigenvalue weighted by Gasteiger charge is -2.48. The molecule has 2 fully saturated rings. The van der Waals surface area contributed by atoms with E-state index in [1.54, 1.807) is 0 Å². The number of likely N-dealkylation sites (tertiary alicyclic amines) is 2. The molecule has 0 spiro atoms. The molecule has 10 heteroatoms. The first-order valence-electron chi connectivity index (χ1n) is 12.8. The zero-order chi connectivity index (χ0) is 25.7. The van der Waals surface area contributed by atoms with E-state index in [0.29, 0.717) is 61.7 Å². The normalized spacial score (nSPS) is 22.9. The van der Waals surface area contributed by atoms with E-state index in [-0.39, 0.29) is 5.91 Å². The molecule has 0 saturated carbocycles. The van der Waals surface area contributed by atoms with Crippen molar-refractivity contribution in [3.8, 4) is 5.75 Å². The van der Waals surface area contributed by atoms with Gasteiger partial charge in [0.05, 0.1) is 25.3 Å². The summed E-state index contributed by atoms with van der Waals surface area (Å²) in [6.07, 6.45) is 4.58. The smallest absolute Gasteiger partial charge is 0.338 e. The van der Waals surface area contributed by atoms with Gasteiger partial charge in [0.25, 0.3) is 0 Å². The summed E-state index contributed by atoms with van der Waals surface area (Å²) in [5.74, 6) is -0.189. The maximum atomic E-state index is 13.0. The zero-order valence-corrected chi connectivity index (χ0v) is 21.2. The van der Waals surface area contributed by atoms with Crippen molar-refractivity contribution >= 4 is 17.9 Å². The van der Waals surface area contributed by atoms with Crippen LogP contribution in [0.3, 0.4) is 0 Å². The molecule has 0 aromatic heterocycles. The molecule has 1 aromatic rings. The molecule has 1 aromatic carbocycles. The molecule has 1 atom stereocenters. The average molecular weight is 500 g/mol. The van der Waals surface area contributed by atoms with Gasteiger partial charge in [-0.3, -0.25) is 14.6 Å². The molecule has 0 unspecified atom stereocenters. The molecule has 3 aliphatic heterocycles. The summed E-state index contributed by atoms with van der Waals surface area (Å²) in [7, 11) is 1.33. The second-order valence-corrected chi connectivity index (χ2v) is 9.61. The van der Waals surface area contributed by atoms with Gasteiger partial charge >= 0.3 is 12.0 Å². The van der Waals surface area contributed by atoms with Crippen LogP contribution in [0.15, 0.2) is 35.5 Å². The van der Waals surface area contributed by atoms with Gasteiger partial charge in [-0.05, 0) is 51.8 Å². The van der Waals surface area contributed by atoms with Crippen molar-refractivity contribution in [2.75, 3.05) is 46.4 Å². The minimum atomic E-state index is -0.716. The maximum Gasteiger partial charge on any atom is 0.338 e. The van der Waals surface area contributed by atoms with E-state index >= 15 is 0 Å². The summed E-state index contributed by atoms with van der Waals surface area (Å²) >= 11 is 0. The first kappa shape index (κ1) is 26.0. The molecule has 10 nitrogen and oxygen atoms in total. The van der Waals surface area contributed by atoms with E-state index in [1.165, 1.54) is 13.5 Å². The molecular formula is C26H37N5O5. The number of ether oxygens (including phenoxy) is 2. The molecule has 0 bridgehead atoms. The number of carbonyl (C=O) groups excluding carboxylic acids is 3. The SMILES string of the molecule is CCOc1ccccc1[C@H]1NC(=O)NC(CN2CCC(C(N)=O)(N3CCCCC3)CC2)=C1C(=O)OC. The number of hydrogen-bond donors (Lipinski definition) is 3. The molecule has 2 saturated heterocycles. The summed E-state index contributed by atoms with van der Waals surface area (Å²) < 4.78 is 10.9. The van der Waals surface area contributed by atoms with Gasteiger partial charge in [-0.2, -0.15) is 0 Å². The van der Waals surface area contributed by atoms with Crippen molar-refractivity contribution in [1.29, 1.82) is 0 Å². The molecule has 196 valence electrons. The molecule has 3 aliphatic rings. The molecule has 3 heterocycles. The summed E-state index contributed by atoms with van der Waals surface area (Å²) in [6, 6.07) is 6.23. The monoisotopic (exact) mass is 499 g/mol. The van der Waals surface area contributed by atoms with Gasteiger partial charge in [-0.1, -0.05) is 24.6 Å². The number of methoxy groups -OCH3 is 1. The predicted molar refractivity (Wildman–Crippen MR) is 134 cm³/mol. The Hall–Kier alpha value is -3.11. The van der Waals surface area contributed by atoms with Crippen molar-refractivity contribution < 1.29 is 23.9 Å². The fourth-order valence-electron chi connectivity index (χ4n) is 5.68. The quantitative estimate of drug-likeness (QED) is 0.465. The second kappa shape index (κ2) is 11.3. The van der Waals surface area contributed by atoms with Crippen molar-refractivity contribution in [3.05, 3.63) is 41.1 Å². The van der Waals surface area contributed by atoms with Crippen LogP contribution in [0, 0.1) is 0 Å². The van der Waals surface area contributed by atoms with Gasteiger partial charge in [0, 0.05) is 30.9 Å². The van der Waals surface area contributed by atoms with Crippen LogP contribution in [0.4, 0.5) is 4.79 Å². The lowest BCUT2D eigenvalue weighted by molar-refractivity contribution is -0.136. The highest BCUT2D eigenvalue weighted by Gasteiger charge is 2.45. The Morgan fingerprint density at radius 3 is 2.44 bits per heavy atom. The molecule has 3 amide bonds. The summed E-state index contributed by atoms with van der Waals surface area (Å²) in [5.41, 5.74) is 6.82. The number of esters is 1. The van der Waals surface area contributed by atoms with E-state index in [4.69, 9.17) is 15.2 Å². The van der Waals surface area contributed by atoms with Crippen LogP contribution < -0.4 is 21.1 Å². The van der Waals surface area contributed by atoms with Gasteiger partial charge in [0.1, 0.15) is 11.3 Å². The summed E-state index contributed by atoms with van der Waals surface area (Å²) in [5, 5.41) is 5.69. The van der Waals surface area contributed by atoms with Crippen LogP contribution in [0.25, 0.3) is 0 Å². The number of urea groups is 1. The zero-order valence-electron chi connectivity index (χ0n) is 21.2. The number of nitrogens with two attached hydrogens (primary N) is 1. The summed E-state index contributed by atoms with van der Waals surface area (Å²) in [6.45, 7) is 5.72. The minimum absolute atomic E-state index is 0.263. The maximum absolute atomic E-state index is 13.0. The van der Waals surface area contributed by atoms with Gasteiger partial charge in [-0.15, -0.1) is 0 Å². The highest BCUT2D eigenvalue weighted by atomic mass is 16.5. The second-order valence-electron chi connectivity index (χ2n) is 9.61. The Balaban J connectivity index is 1.59. The number of carbonyl (C=O) groups is 3. The van der Waals surface area contributed by atoms with Crippen molar-refractivity contribution in [2.45, 2.75) is 50.6 Å². The number of rotatable bonds is 8. The Morgan fingerprint density at radius 2 is 1.81 bits per heavy atom. The topological polar surface area (TPSA) is 126 Å². The Kier molecular flexibility index (Phi) is 8.15. The first-order valence-corrected chi connectivity index (χ1v) is 12.8. The standard InChI is InChI=1S/C26H37N5O5/c1-3-36-20-10-6-5-9-18(20)22-21(23(32)35-2)19(28-25(34)29-22)17-30-15-11-26(12-16-30,24(27)33)31-13-7-4-8-14-31/h5-6,9-10,22H,3-4,7-8,11-17H2,1-2H3,(H2,27,33)(H2,28,29,34)/t22-/m1/s1. The fourth-order valence-corrected chi connectivity index (χ4v) is 5.68. The van der Waals surface area contributed by atoms with E-state index in [9.17, 15) is 14.4 Å². The minimum Gasteiger partial charge on any atom is -0.494 e. The van der Waals surface area contributed by atoms with Crippen LogP contribution in [-0.2, 0) is 14.3 Å². The van der Waals surface area contributed by atoms with E-state index in [0.717, 1.165) is 25.9 Å². The molecule has 0 radical (unpaired) electrons. The highest BCUT2D eigenvalue weighted by Crippen LogP contribution is 2.35. The Bertz CT molecular complexity index is 1010. The van der Waals surface area contributed by atoms with Crippen LogP contribution in [0.1, 0.15) is 50.6 Å². The van der Waals surface area contributed by atoms with Crippen LogP contribution in [0.5, 0.6) is 5.75 Å². The van der Waals surface area contributed by atoms with Crippen molar-refractivity contribution in [2.24, 2.45) is 5.73 Å². The van der Waals surface area contributed by atoms with Crippen molar-refractivity contribution in [3.63, 3.8) is 0 Å². The van der Waals surface area contributed by atoms with E-state index < -0.39 is 23.6 Å². The number of piperidine rings is 2. The molecule has 36 heavy (non-hydrogen) atoms. The summed E-state index contributed by atoms with van der Waals surface area (Å²) in [4.78, 5) is 42.7. The number of nitrogens with one attached hydrogen (secondary N) is 2. The third kappa shape index (κ3) is 5.19. The van der Waals surface area contributed by atoms with Crippen molar-refractivity contribution in [1.82, 2.24) is 20.4 Å². The van der Waals surface area contributed by atoms with Crippen LogP contribution in [0.2, 0.25) is 0 Å². The lowest BCUT2D eigenvalue weighted by atomic mass is 9.83. The van der Waals surface area contributed by atoms with E-state index in [1.807, 2.05) is 31.2 Å². The number of benzene rings is 1. The Morgan fingerprint density at radius 1 is 1.11 bits per heavy atom. The molecule has 4 rings (SSSR count). The van der Waals surface area contributed by atoms with Gasteiger partial charge < -0.3 is 25.8 Å². The third-order valence-corrected chi connectivity index (χ3v) is 7.57. The number of amides is 3. The molecular weight excluding hydrogens is 462 g/mol. The largest absolute Gasteiger partial charge is 0.494 e. The van der Waals surface area contributed by atoms with Gasteiger partial charge in [0.2, 0.25) is 5.91 Å². The Labute approximate surface area is 212 Å². The number of hydrogen-bond acceptors (Lipinski definition) is 7. The average Bonchev–Trinajstić information content (AvgIpc) is 2.89. The van der Waals surface area contributed by atoms with Crippen LogP contribution in [-0.4, -0.2) is 79.7 Å². The van der Waals surface area contributed by atoms with Crippen LogP contribution >= 0.6 is 0 Å². The number of para-hydroxylation sites is 1. The van der Waals surface area contributed by atoms with Gasteiger partial charge in [0.15, 0.2) is 0 Å². The lowest BCUT2D eigenvalue weighted by Crippen LogP contribution is -2.63. The fraction of sp³-hybridized carbons (Fsp3) is 0.577. The van der Waals surface area contributed by atoms with Gasteiger partial charge in [-0.25, -0.2) is 9.59 Å². The first-order chi connectivity index (χ1) is 17.4. The number of nitrogens with zero attached hydrogens (tertiary/aromatic N) is 2. The third-order valence-electron chi connectivity index (χ3n) is 7.57. The molecule has 4 N–H and O–H groups in total. The highest BCUT2D eigenvalue weighted by molar-refractivity contribution is 5.95. The molecule has 0 aliphatic carbocycles. The predicted octanol–water partition coefficient (Wildman–Crippen LogP) is 1.67.